The van der Waals surface area contributed by atoms with Crippen molar-refractivity contribution in [1.29, 1.82) is 0 Å². The molecule has 25 heavy (non-hydrogen) atoms. The van der Waals surface area contributed by atoms with E-state index in [-0.39, 0.29) is 28.6 Å². The predicted octanol–water partition coefficient (Wildman–Crippen LogP) is 1.29. The molecule has 0 saturated heterocycles. The molecule has 0 atom stereocenters. The highest BCUT2D eigenvalue weighted by Gasteiger charge is 2.32. The summed E-state index contributed by atoms with van der Waals surface area (Å²) in [4.78, 5) is 48.2. The van der Waals surface area contributed by atoms with Crippen LogP contribution >= 0.6 is 0 Å². The zero-order valence-electron chi connectivity index (χ0n) is 13.2. The van der Waals surface area contributed by atoms with Crippen molar-refractivity contribution < 1.29 is 14.4 Å². The Bertz CT molecular complexity index is 985. The minimum absolute atomic E-state index is 0.000721. The SMILES string of the molecule is Nc1c2c(cc(=O)n1-c1ccc(C(=O)C3CCC3)cc1)C(=O)NC2=O. The molecule has 4 rings (SSSR count). The first-order valence-corrected chi connectivity index (χ1v) is 8.03. The maximum absolute atomic E-state index is 12.4. The molecule has 3 N–H and O–H groups in total. The third-order valence-electron chi connectivity index (χ3n) is 4.84. The largest absolute Gasteiger partial charge is 0.384 e. The number of fused-ring (bicyclic) bond motifs is 1. The normalized spacial score (nSPS) is 16.3. The maximum atomic E-state index is 12.4. The Labute approximate surface area is 142 Å². The van der Waals surface area contributed by atoms with Gasteiger partial charge in [-0.2, -0.15) is 0 Å². The van der Waals surface area contributed by atoms with Gasteiger partial charge in [0.1, 0.15) is 5.82 Å². The molecule has 0 spiro atoms. The minimum atomic E-state index is -0.627. The average Bonchev–Trinajstić information content (AvgIpc) is 2.80. The van der Waals surface area contributed by atoms with E-state index in [1.807, 2.05) is 0 Å². The van der Waals surface area contributed by atoms with Crippen molar-refractivity contribution in [1.82, 2.24) is 9.88 Å². The van der Waals surface area contributed by atoms with Crippen LogP contribution in [0.15, 0.2) is 35.1 Å². The summed E-state index contributed by atoms with van der Waals surface area (Å²) in [7, 11) is 0. The topological polar surface area (TPSA) is 111 Å². The lowest BCUT2D eigenvalue weighted by molar-refractivity contribution is 0.0851. The molecule has 126 valence electrons. The van der Waals surface area contributed by atoms with Gasteiger partial charge in [-0.05, 0) is 37.1 Å². The van der Waals surface area contributed by atoms with Gasteiger partial charge in [0.05, 0.1) is 16.8 Å². The standard InChI is InChI=1S/C18H15N3O4/c19-16-14-12(17(24)20-18(14)25)8-13(22)21(16)11-6-4-10(5-7-11)15(23)9-2-1-3-9/h4-9H,1-3,19H2,(H,20,24,25). The number of benzene rings is 1. The number of ketones is 1. The van der Waals surface area contributed by atoms with Crippen LogP contribution in [0, 0.1) is 5.92 Å². The van der Waals surface area contributed by atoms with E-state index in [1.54, 1.807) is 24.3 Å². The Balaban J connectivity index is 1.77. The number of imide groups is 1. The van der Waals surface area contributed by atoms with Crippen molar-refractivity contribution in [2.24, 2.45) is 5.92 Å². The number of nitrogens with one attached hydrogen (secondary N) is 1. The Kier molecular flexibility index (Phi) is 3.31. The van der Waals surface area contributed by atoms with Gasteiger partial charge in [-0.1, -0.05) is 6.42 Å². The number of anilines is 1. The van der Waals surface area contributed by atoms with Crippen LogP contribution in [0.2, 0.25) is 0 Å². The highest BCUT2D eigenvalue weighted by Crippen LogP contribution is 2.30. The number of nitrogens with two attached hydrogens (primary N) is 1. The van der Waals surface area contributed by atoms with Gasteiger partial charge < -0.3 is 5.73 Å². The number of hydrogen-bond acceptors (Lipinski definition) is 5. The zero-order valence-corrected chi connectivity index (χ0v) is 13.2. The van der Waals surface area contributed by atoms with Crippen LogP contribution < -0.4 is 16.6 Å². The molecule has 2 heterocycles. The van der Waals surface area contributed by atoms with E-state index in [9.17, 15) is 19.2 Å². The van der Waals surface area contributed by atoms with Crippen LogP contribution in [-0.2, 0) is 0 Å². The minimum Gasteiger partial charge on any atom is -0.384 e. The average molecular weight is 337 g/mol. The molecular formula is C18H15N3O4. The summed E-state index contributed by atoms with van der Waals surface area (Å²) < 4.78 is 1.16. The van der Waals surface area contributed by atoms with Gasteiger partial charge in [-0.25, -0.2) is 0 Å². The molecule has 0 radical (unpaired) electrons. The molecule has 1 aromatic heterocycles. The van der Waals surface area contributed by atoms with E-state index in [1.165, 1.54) is 0 Å². The molecule has 0 unspecified atom stereocenters. The van der Waals surface area contributed by atoms with Gasteiger partial charge in [0, 0.05) is 17.5 Å². The fourth-order valence-electron chi connectivity index (χ4n) is 3.23. The summed E-state index contributed by atoms with van der Waals surface area (Å²) in [5, 5.41) is 2.12. The number of pyridine rings is 1. The first-order chi connectivity index (χ1) is 12.0. The Morgan fingerprint density at radius 3 is 2.36 bits per heavy atom. The van der Waals surface area contributed by atoms with E-state index < -0.39 is 17.4 Å². The number of nitrogen functional groups attached to an aromatic ring is 1. The smallest absolute Gasteiger partial charge is 0.262 e. The van der Waals surface area contributed by atoms with Crippen LogP contribution in [0.1, 0.15) is 50.3 Å². The number of carbonyl (C=O) groups is 3. The van der Waals surface area contributed by atoms with Gasteiger partial charge in [0.15, 0.2) is 5.78 Å². The van der Waals surface area contributed by atoms with Crippen molar-refractivity contribution in [2.45, 2.75) is 19.3 Å². The molecule has 0 bridgehead atoms. The van der Waals surface area contributed by atoms with Crippen LogP contribution in [0.5, 0.6) is 0 Å². The molecule has 1 aliphatic heterocycles. The van der Waals surface area contributed by atoms with E-state index in [0.717, 1.165) is 29.9 Å². The number of carbonyl (C=O) groups excluding carboxylic acids is 3. The second-order valence-electron chi connectivity index (χ2n) is 6.31. The molecule has 2 aliphatic rings. The summed E-state index contributed by atoms with van der Waals surface area (Å²) in [6, 6.07) is 7.63. The molecule has 2 amide bonds. The van der Waals surface area contributed by atoms with Crippen LogP contribution in [0.3, 0.4) is 0 Å². The highest BCUT2D eigenvalue weighted by molar-refractivity contribution is 6.23. The number of nitrogens with zero attached hydrogens (tertiary/aromatic N) is 1. The van der Waals surface area contributed by atoms with Crippen molar-refractivity contribution in [3.8, 4) is 5.69 Å². The lowest BCUT2D eigenvalue weighted by Crippen LogP contribution is -2.24. The van der Waals surface area contributed by atoms with E-state index >= 15 is 0 Å². The quantitative estimate of drug-likeness (QED) is 0.647. The van der Waals surface area contributed by atoms with Gasteiger partial charge in [0.2, 0.25) is 0 Å². The highest BCUT2D eigenvalue weighted by atomic mass is 16.2. The summed E-state index contributed by atoms with van der Waals surface area (Å²) in [5.41, 5.74) is 6.48. The summed E-state index contributed by atoms with van der Waals surface area (Å²) in [6.07, 6.45) is 2.91. The molecule has 1 saturated carbocycles. The number of rotatable bonds is 3. The molecule has 1 aromatic carbocycles. The van der Waals surface area contributed by atoms with Crippen molar-refractivity contribution in [3.05, 3.63) is 57.4 Å². The predicted molar refractivity (Wildman–Crippen MR) is 89.9 cm³/mol. The Morgan fingerprint density at radius 1 is 1.08 bits per heavy atom. The van der Waals surface area contributed by atoms with Crippen molar-refractivity contribution in [3.63, 3.8) is 0 Å². The first-order valence-electron chi connectivity index (χ1n) is 8.03. The van der Waals surface area contributed by atoms with Crippen molar-refractivity contribution >= 4 is 23.4 Å². The molecule has 1 aliphatic carbocycles. The fraction of sp³-hybridized carbons (Fsp3) is 0.222. The Hall–Kier alpha value is -3.22. The summed E-state index contributed by atoms with van der Waals surface area (Å²) in [6.45, 7) is 0. The third-order valence-corrected chi connectivity index (χ3v) is 4.84. The molecule has 7 nitrogen and oxygen atoms in total. The van der Waals surface area contributed by atoms with E-state index in [0.29, 0.717) is 11.3 Å². The summed E-state index contributed by atoms with van der Waals surface area (Å²) >= 11 is 0. The van der Waals surface area contributed by atoms with E-state index in [4.69, 9.17) is 5.73 Å². The van der Waals surface area contributed by atoms with Gasteiger partial charge >= 0.3 is 0 Å². The number of hydrogen-bond donors (Lipinski definition) is 2. The number of amides is 2. The van der Waals surface area contributed by atoms with Crippen LogP contribution in [0.25, 0.3) is 5.69 Å². The second kappa shape index (κ2) is 5.41. The monoisotopic (exact) mass is 337 g/mol. The summed E-state index contributed by atoms with van der Waals surface area (Å²) in [5.74, 6) is -1.14. The molecule has 1 fully saturated rings. The third kappa shape index (κ3) is 2.27. The first kappa shape index (κ1) is 15.3. The maximum Gasteiger partial charge on any atom is 0.262 e. The fourth-order valence-corrected chi connectivity index (χ4v) is 3.23. The molecular weight excluding hydrogens is 322 g/mol. The number of aromatic nitrogens is 1. The van der Waals surface area contributed by atoms with Gasteiger partial charge in [-0.15, -0.1) is 0 Å². The van der Waals surface area contributed by atoms with Crippen LogP contribution in [0.4, 0.5) is 5.82 Å². The zero-order chi connectivity index (χ0) is 17.7. The number of Topliss-reactive ketones (excluding diaryl/α,β-unsaturated/α-hetero) is 1. The van der Waals surface area contributed by atoms with Crippen LogP contribution in [-0.4, -0.2) is 22.2 Å². The van der Waals surface area contributed by atoms with Gasteiger partial charge in [0.25, 0.3) is 17.4 Å². The van der Waals surface area contributed by atoms with Gasteiger partial charge in [-0.3, -0.25) is 29.1 Å². The van der Waals surface area contributed by atoms with Crippen molar-refractivity contribution in [2.75, 3.05) is 5.73 Å². The Morgan fingerprint density at radius 2 is 1.76 bits per heavy atom. The second-order valence-corrected chi connectivity index (χ2v) is 6.31. The molecule has 7 heteroatoms. The molecule has 2 aromatic rings. The van der Waals surface area contributed by atoms with E-state index in [2.05, 4.69) is 5.32 Å². The lowest BCUT2D eigenvalue weighted by Gasteiger charge is -2.23. The lowest BCUT2D eigenvalue weighted by atomic mass is 9.80.